The van der Waals surface area contributed by atoms with Gasteiger partial charge in [0.05, 0.1) is 5.75 Å². The van der Waals surface area contributed by atoms with Crippen LogP contribution in [0.25, 0.3) is 0 Å². The minimum Gasteiger partial charge on any atom is -0.362 e. The van der Waals surface area contributed by atoms with Crippen LogP contribution < -0.4 is 0 Å². The fourth-order valence-corrected chi connectivity index (χ4v) is 4.44. The maximum absolute atomic E-state index is 13.6. The average molecular weight is 400 g/mol. The predicted molar refractivity (Wildman–Crippen MR) is 99.1 cm³/mol. The van der Waals surface area contributed by atoms with Crippen molar-refractivity contribution in [1.29, 1.82) is 0 Å². The van der Waals surface area contributed by atoms with Crippen molar-refractivity contribution in [3.8, 4) is 0 Å². The average Bonchev–Trinajstić information content (AvgIpc) is 3.02. The molecule has 1 atom stereocenters. The lowest BCUT2D eigenvalue weighted by Crippen LogP contribution is -2.57. The Labute approximate surface area is 160 Å². The molecule has 4 nitrogen and oxygen atoms in total. The van der Waals surface area contributed by atoms with Crippen LogP contribution >= 0.6 is 11.8 Å². The van der Waals surface area contributed by atoms with Gasteiger partial charge in [0.2, 0.25) is 0 Å². The number of carbonyl (C=O) groups excluding carboxylic acids is 1. The fourth-order valence-electron chi connectivity index (χ4n) is 3.61. The van der Waals surface area contributed by atoms with Crippen LogP contribution in [-0.4, -0.2) is 39.4 Å². The molecule has 0 unspecified atom stereocenters. The molecule has 3 rings (SSSR count). The molecule has 0 spiro atoms. The Kier molecular flexibility index (Phi) is 6.15. The number of hydrogen-bond acceptors (Lipinski definition) is 4. The van der Waals surface area contributed by atoms with Gasteiger partial charge in [-0.15, -0.1) is 11.8 Å². The molecule has 1 amide bonds. The summed E-state index contributed by atoms with van der Waals surface area (Å²) in [6.45, 7) is 0. The molecule has 0 aromatic heterocycles. The second-order valence-electron chi connectivity index (χ2n) is 7.10. The molecule has 1 fully saturated rings. The summed E-state index contributed by atoms with van der Waals surface area (Å²) in [7, 11) is 0. The van der Waals surface area contributed by atoms with E-state index in [0.717, 1.165) is 37.7 Å². The van der Waals surface area contributed by atoms with E-state index in [2.05, 4.69) is 5.10 Å². The molecule has 1 aromatic rings. The summed E-state index contributed by atoms with van der Waals surface area (Å²) in [6.07, 6.45) is -1.13. The molecule has 0 radical (unpaired) electrons. The predicted octanol–water partition coefficient (Wildman–Crippen LogP) is 4.34. The second kappa shape index (κ2) is 8.22. The normalized spacial score (nSPS) is 24.1. The zero-order valence-corrected chi connectivity index (χ0v) is 15.7. The lowest BCUT2D eigenvalue weighted by atomic mass is 9.83. The largest absolute Gasteiger partial charge is 0.438 e. The maximum atomic E-state index is 13.6. The van der Waals surface area contributed by atoms with Crippen LogP contribution in [0, 0.1) is 5.92 Å². The van der Waals surface area contributed by atoms with Gasteiger partial charge >= 0.3 is 6.18 Å². The monoisotopic (exact) mass is 400 g/mol. The van der Waals surface area contributed by atoms with Crippen molar-refractivity contribution in [2.24, 2.45) is 11.0 Å². The summed E-state index contributed by atoms with van der Waals surface area (Å²) < 4.78 is 40.7. The Bertz CT molecular complexity index is 690. The molecule has 0 saturated heterocycles. The molecule has 1 aliphatic heterocycles. The molecular formula is C19H23F3N2O2S. The van der Waals surface area contributed by atoms with E-state index in [4.69, 9.17) is 0 Å². The minimum absolute atomic E-state index is 0.0811. The molecule has 8 heteroatoms. The van der Waals surface area contributed by atoms with Gasteiger partial charge in [0.15, 0.2) is 0 Å². The molecule has 1 saturated carbocycles. The van der Waals surface area contributed by atoms with E-state index in [-0.39, 0.29) is 16.7 Å². The Balaban J connectivity index is 1.70. The van der Waals surface area contributed by atoms with E-state index in [1.807, 2.05) is 30.3 Å². The highest BCUT2D eigenvalue weighted by Crippen LogP contribution is 2.43. The molecule has 1 aliphatic carbocycles. The molecule has 1 aromatic carbocycles. The Morgan fingerprint density at radius 2 is 1.89 bits per heavy atom. The number of rotatable bonds is 5. The van der Waals surface area contributed by atoms with Crippen molar-refractivity contribution in [2.45, 2.75) is 56.2 Å². The molecule has 0 bridgehead atoms. The van der Waals surface area contributed by atoms with Crippen LogP contribution in [0.2, 0.25) is 0 Å². The SMILES string of the molecule is O=C(CSCc1ccccc1)N1N=C(C2CCCCC2)C[C@@]1(O)C(F)(F)F. The third-order valence-corrected chi connectivity index (χ3v) is 6.10. The van der Waals surface area contributed by atoms with Crippen molar-refractivity contribution in [1.82, 2.24) is 5.01 Å². The lowest BCUT2D eigenvalue weighted by molar-refractivity contribution is -0.301. The van der Waals surface area contributed by atoms with Crippen LogP contribution in [0.4, 0.5) is 13.2 Å². The number of halogens is 3. The number of thioether (sulfide) groups is 1. The topological polar surface area (TPSA) is 52.9 Å². The summed E-state index contributed by atoms with van der Waals surface area (Å²) in [5, 5.41) is 14.6. The van der Waals surface area contributed by atoms with Crippen LogP contribution in [0.3, 0.4) is 0 Å². The van der Waals surface area contributed by atoms with E-state index in [0.29, 0.717) is 11.5 Å². The first kappa shape index (κ1) is 20.2. The lowest BCUT2D eigenvalue weighted by Gasteiger charge is -2.32. The molecule has 2 aliphatic rings. The number of aliphatic hydroxyl groups is 1. The number of carbonyl (C=O) groups is 1. The van der Waals surface area contributed by atoms with E-state index < -0.39 is 24.2 Å². The van der Waals surface area contributed by atoms with Crippen LogP contribution in [0.15, 0.2) is 35.4 Å². The van der Waals surface area contributed by atoms with Gasteiger partial charge in [-0.25, -0.2) is 0 Å². The number of alkyl halides is 3. The van der Waals surface area contributed by atoms with Crippen molar-refractivity contribution < 1.29 is 23.1 Å². The van der Waals surface area contributed by atoms with Gasteiger partial charge in [-0.2, -0.15) is 23.3 Å². The first-order valence-electron chi connectivity index (χ1n) is 9.12. The van der Waals surface area contributed by atoms with Gasteiger partial charge in [0.1, 0.15) is 0 Å². The zero-order chi connectivity index (χ0) is 19.5. The molecular weight excluding hydrogens is 377 g/mol. The minimum atomic E-state index is -4.95. The van der Waals surface area contributed by atoms with Gasteiger partial charge in [0, 0.05) is 17.9 Å². The highest BCUT2D eigenvalue weighted by atomic mass is 32.2. The summed E-state index contributed by atoms with van der Waals surface area (Å²) in [6, 6.07) is 9.37. The maximum Gasteiger partial charge on any atom is 0.438 e. The third kappa shape index (κ3) is 4.48. The highest BCUT2D eigenvalue weighted by Gasteiger charge is 2.63. The van der Waals surface area contributed by atoms with Crippen LogP contribution in [0.1, 0.15) is 44.1 Å². The van der Waals surface area contributed by atoms with Crippen molar-refractivity contribution in [3.05, 3.63) is 35.9 Å². The first-order valence-corrected chi connectivity index (χ1v) is 10.3. The number of amides is 1. The van der Waals surface area contributed by atoms with Gasteiger partial charge in [-0.1, -0.05) is 49.6 Å². The van der Waals surface area contributed by atoms with Crippen molar-refractivity contribution in [2.75, 3.05) is 5.75 Å². The van der Waals surface area contributed by atoms with Gasteiger partial charge < -0.3 is 5.11 Å². The summed E-state index contributed by atoms with van der Waals surface area (Å²) in [5.74, 6) is -0.567. The molecule has 1 N–H and O–H groups in total. The Morgan fingerprint density at radius 1 is 1.22 bits per heavy atom. The van der Waals surface area contributed by atoms with Crippen molar-refractivity contribution in [3.63, 3.8) is 0 Å². The van der Waals surface area contributed by atoms with E-state index in [1.165, 1.54) is 11.8 Å². The quantitative estimate of drug-likeness (QED) is 0.800. The second-order valence-corrected chi connectivity index (χ2v) is 8.09. The van der Waals surface area contributed by atoms with E-state index in [1.54, 1.807) is 0 Å². The number of hydrazone groups is 1. The first-order chi connectivity index (χ1) is 12.8. The number of nitrogens with zero attached hydrogens (tertiary/aromatic N) is 2. The summed E-state index contributed by atoms with van der Waals surface area (Å²) in [5.41, 5.74) is -1.95. The van der Waals surface area contributed by atoms with E-state index in [9.17, 15) is 23.1 Å². The molecule has 1 heterocycles. The zero-order valence-electron chi connectivity index (χ0n) is 14.9. The standard InChI is InChI=1S/C19H23F3N2O2S/c20-19(21,22)18(26)11-16(15-9-5-2-6-10-15)23-24(18)17(25)13-27-12-14-7-3-1-4-8-14/h1,3-4,7-8,15,26H,2,5-6,9-13H2/t18-/m1/s1. The van der Waals surface area contributed by atoms with Crippen LogP contribution in [0.5, 0.6) is 0 Å². The third-order valence-electron chi connectivity index (χ3n) is 5.11. The Hall–Kier alpha value is -1.54. The molecule has 148 valence electrons. The summed E-state index contributed by atoms with van der Waals surface area (Å²) >= 11 is 1.21. The van der Waals surface area contributed by atoms with Gasteiger partial charge in [0.25, 0.3) is 11.6 Å². The summed E-state index contributed by atoms with van der Waals surface area (Å²) in [4.78, 5) is 12.5. The smallest absolute Gasteiger partial charge is 0.362 e. The van der Waals surface area contributed by atoms with Gasteiger partial charge in [-0.3, -0.25) is 4.79 Å². The van der Waals surface area contributed by atoms with Crippen molar-refractivity contribution >= 4 is 23.4 Å². The Morgan fingerprint density at radius 3 is 2.52 bits per heavy atom. The fraction of sp³-hybridized carbons (Fsp3) is 0.579. The van der Waals surface area contributed by atoms with Gasteiger partial charge in [-0.05, 0) is 24.3 Å². The number of hydrogen-bond donors (Lipinski definition) is 1. The van der Waals surface area contributed by atoms with E-state index >= 15 is 0 Å². The molecule has 27 heavy (non-hydrogen) atoms. The highest BCUT2D eigenvalue weighted by molar-refractivity contribution is 7.99. The van der Waals surface area contributed by atoms with Crippen LogP contribution in [-0.2, 0) is 10.5 Å². The number of benzene rings is 1.